The van der Waals surface area contributed by atoms with E-state index in [0.29, 0.717) is 12.3 Å². The van der Waals surface area contributed by atoms with Gasteiger partial charge in [-0.15, -0.1) is 0 Å². The minimum absolute atomic E-state index is 0.406. The number of hydrogen-bond donors (Lipinski definition) is 0. The van der Waals surface area contributed by atoms with Gasteiger partial charge in [0.2, 0.25) is 14.7 Å². The minimum Gasteiger partial charge on any atom is -0.291 e. The highest BCUT2D eigenvalue weighted by atomic mass is 31.2. The van der Waals surface area contributed by atoms with Gasteiger partial charge in [0, 0.05) is 25.7 Å². The molecule has 0 aromatic heterocycles. The summed E-state index contributed by atoms with van der Waals surface area (Å²) < 4.78 is 31.8. The van der Waals surface area contributed by atoms with Gasteiger partial charge in [0.15, 0.2) is 0 Å². The van der Waals surface area contributed by atoms with Crippen LogP contribution in [0.25, 0.3) is 0 Å². The predicted molar refractivity (Wildman–Crippen MR) is 50.3 cm³/mol. The molecule has 12 heavy (non-hydrogen) atoms. The van der Waals surface area contributed by atoms with E-state index in [1.54, 1.807) is 13.8 Å². The molecular weight excluding hydrogens is 198 g/mol. The third-order valence-corrected chi connectivity index (χ3v) is 4.14. The van der Waals surface area contributed by atoms with Crippen molar-refractivity contribution in [3.8, 4) is 0 Å². The first-order valence-electron chi connectivity index (χ1n) is 3.84. The van der Waals surface area contributed by atoms with Crippen LogP contribution in [-0.4, -0.2) is 25.7 Å². The van der Waals surface area contributed by atoms with Crippen molar-refractivity contribution in [2.24, 2.45) is 0 Å². The highest BCUT2D eigenvalue weighted by Gasteiger charge is 2.22. The van der Waals surface area contributed by atoms with E-state index in [9.17, 15) is 9.13 Å². The summed E-state index contributed by atoms with van der Waals surface area (Å²) in [6.07, 6.45) is 0.812. The number of hydrogen-bond acceptors (Lipinski definition) is 4. The zero-order chi connectivity index (χ0) is 9.83. The van der Waals surface area contributed by atoms with Crippen LogP contribution in [0.4, 0.5) is 0 Å². The molecule has 0 rings (SSSR count). The van der Waals surface area contributed by atoms with Crippen LogP contribution in [0.15, 0.2) is 0 Å². The molecule has 0 bridgehead atoms. The van der Waals surface area contributed by atoms with Crippen molar-refractivity contribution in [3.63, 3.8) is 0 Å². The van der Waals surface area contributed by atoms with Crippen LogP contribution in [0.3, 0.4) is 0 Å². The lowest BCUT2D eigenvalue weighted by Crippen LogP contribution is -1.95. The summed E-state index contributed by atoms with van der Waals surface area (Å²) >= 11 is 0. The Morgan fingerprint density at radius 2 is 1.42 bits per heavy atom. The Morgan fingerprint density at radius 1 is 1.00 bits per heavy atom. The molecule has 0 aliphatic carbocycles. The molecule has 0 amide bonds. The second kappa shape index (κ2) is 4.57. The Morgan fingerprint density at radius 3 is 1.67 bits per heavy atom. The second-order valence-corrected chi connectivity index (χ2v) is 8.54. The van der Waals surface area contributed by atoms with Crippen LogP contribution in [0, 0.1) is 0 Å². The Hall–Kier alpha value is 0.380. The van der Waals surface area contributed by atoms with Crippen LogP contribution < -0.4 is 0 Å². The van der Waals surface area contributed by atoms with E-state index >= 15 is 0 Å². The summed E-state index contributed by atoms with van der Waals surface area (Å²) in [4.78, 5) is 0. The van der Waals surface area contributed by atoms with Crippen LogP contribution in [0.2, 0.25) is 0 Å². The molecule has 0 heterocycles. The predicted octanol–water partition coefficient (Wildman–Crippen LogP) is 2.79. The lowest BCUT2D eigenvalue weighted by Gasteiger charge is -2.14. The van der Waals surface area contributed by atoms with E-state index in [2.05, 4.69) is 9.35 Å². The highest BCUT2D eigenvalue weighted by Crippen LogP contribution is 2.51. The van der Waals surface area contributed by atoms with Crippen molar-refractivity contribution >= 4 is 14.7 Å². The fourth-order valence-corrected chi connectivity index (χ4v) is 2.26. The summed E-state index contributed by atoms with van der Waals surface area (Å²) in [6, 6.07) is 0. The Bertz CT molecular complexity index is 212. The van der Waals surface area contributed by atoms with Crippen LogP contribution in [-0.2, 0) is 18.5 Å². The maximum atomic E-state index is 11.5. The molecule has 0 aliphatic heterocycles. The molecule has 0 aliphatic rings. The lowest BCUT2D eigenvalue weighted by atomic mass is 11.0. The maximum absolute atomic E-state index is 11.5. The molecule has 0 saturated heterocycles. The van der Waals surface area contributed by atoms with Gasteiger partial charge in [0.25, 0.3) is 0 Å². The molecule has 0 aromatic rings. The third kappa shape index (κ3) is 5.10. The van der Waals surface area contributed by atoms with Gasteiger partial charge in [0.05, 0.1) is 0 Å². The summed E-state index contributed by atoms with van der Waals surface area (Å²) in [5, 5.41) is 0. The highest BCUT2D eigenvalue weighted by molar-refractivity contribution is 7.60. The molecule has 0 aromatic carbocycles. The summed E-state index contributed by atoms with van der Waals surface area (Å²) in [5.74, 6) is 0. The first-order chi connectivity index (χ1) is 5.33. The van der Waals surface area contributed by atoms with Crippen LogP contribution in [0.5, 0.6) is 0 Å². The molecule has 0 radical (unpaired) electrons. The minimum atomic E-state index is -2.68. The first kappa shape index (κ1) is 12.4. The quantitative estimate of drug-likeness (QED) is 0.401. The van der Waals surface area contributed by atoms with E-state index in [1.807, 2.05) is 0 Å². The van der Waals surface area contributed by atoms with Gasteiger partial charge in [-0.3, -0.25) is 9.13 Å². The second-order valence-electron chi connectivity index (χ2n) is 2.85. The van der Waals surface area contributed by atoms with Gasteiger partial charge in [0.1, 0.15) is 0 Å². The van der Waals surface area contributed by atoms with Gasteiger partial charge in [-0.2, -0.15) is 9.35 Å². The summed E-state index contributed by atoms with van der Waals surface area (Å²) in [7, 11) is -5.36. The van der Waals surface area contributed by atoms with E-state index in [4.69, 9.17) is 0 Å². The van der Waals surface area contributed by atoms with Crippen molar-refractivity contribution in [3.05, 3.63) is 0 Å². The van der Waals surface area contributed by atoms with Gasteiger partial charge in [-0.1, -0.05) is 13.8 Å². The van der Waals surface area contributed by atoms with Crippen LogP contribution in [0.1, 0.15) is 13.8 Å². The average Bonchev–Trinajstić information content (AvgIpc) is 1.99. The van der Waals surface area contributed by atoms with Crippen LogP contribution >= 0.6 is 14.7 Å². The molecule has 0 N–H and O–H groups in total. The summed E-state index contributed by atoms with van der Waals surface area (Å²) in [5.41, 5.74) is 0. The Balaban J connectivity index is 4.08. The molecule has 4 nitrogen and oxygen atoms in total. The van der Waals surface area contributed by atoms with Crippen molar-refractivity contribution in [1.82, 2.24) is 0 Å². The van der Waals surface area contributed by atoms with Gasteiger partial charge in [-0.05, 0) is 0 Å². The average molecular weight is 214 g/mol. The van der Waals surface area contributed by atoms with E-state index in [-0.39, 0.29) is 0 Å². The SMILES string of the molecule is CCP(=O)(CC)OOP(C)(C)=O. The Kier molecular flexibility index (Phi) is 4.71. The largest absolute Gasteiger partial charge is 0.291 e. The van der Waals surface area contributed by atoms with Gasteiger partial charge < -0.3 is 0 Å². The van der Waals surface area contributed by atoms with Gasteiger partial charge >= 0.3 is 0 Å². The molecule has 0 saturated carbocycles. The van der Waals surface area contributed by atoms with Gasteiger partial charge in [-0.25, -0.2) is 0 Å². The summed E-state index contributed by atoms with van der Waals surface area (Å²) in [6.45, 7) is 6.35. The zero-order valence-corrected chi connectivity index (χ0v) is 9.73. The monoisotopic (exact) mass is 214 g/mol. The zero-order valence-electron chi connectivity index (χ0n) is 7.94. The third-order valence-electron chi connectivity index (χ3n) is 1.31. The maximum Gasteiger partial charge on any atom is 0.235 e. The topological polar surface area (TPSA) is 52.6 Å². The van der Waals surface area contributed by atoms with Crippen molar-refractivity contribution < 1.29 is 18.5 Å². The fourth-order valence-electron chi connectivity index (χ4n) is 0.470. The first-order valence-corrected chi connectivity index (χ1v) is 8.35. The molecule has 6 heteroatoms. The molecule has 0 spiro atoms. The molecule has 0 fully saturated rings. The molecule has 0 atom stereocenters. The number of rotatable bonds is 5. The van der Waals surface area contributed by atoms with Crippen molar-refractivity contribution in [2.75, 3.05) is 25.7 Å². The standard InChI is InChI=1S/C6H16O4P2/c1-5-12(8,6-2)10-9-11(3,4)7/h5-6H2,1-4H3. The fraction of sp³-hybridized carbons (Fsp3) is 1.00. The molecule has 74 valence electrons. The van der Waals surface area contributed by atoms with Crippen molar-refractivity contribution in [2.45, 2.75) is 13.8 Å². The molecular formula is C6H16O4P2. The van der Waals surface area contributed by atoms with E-state index < -0.39 is 14.7 Å². The normalized spacial score (nSPS) is 13.3. The Labute approximate surface area is 73.5 Å². The smallest absolute Gasteiger partial charge is 0.235 e. The van der Waals surface area contributed by atoms with Crippen molar-refractivity contribution in [1.29, 1.82) is 0 Å². The van der Waals surface area contributed by atoms with E-state index in [0.717, 1.165) is 0 Å². The van der Waals surface area contributed by atoms with E-state index in [1.165, 1.54) is 13.3 Å². The lowest BCUT2D eigenvalue weighted by molar-refractivity contribution is -0.0928. The molecule has 0 unspecified atom stereocenters.